The minimum Gasteiger partial charge on any atom is -0.338 e. The molecular weight excluding hydrogens is 324 g/mol. The summed E-state index contributed by atoms with van der Waals surface area (Å²) in [5.41, 5.74) is 0.317. The Morgan fingerprint density at radius 2 is 2.30 bits per heavy atom. The van der Waals surface area contributed by atoms with Gasteiger partial charge in [0.15, 0.2) is 0 Å². The first-order valence-electron chi connectivity index (χ1n) is 6.76. The molecule has 1 unspecified atom stereocenters. The van der Waals surface area contributed by atoms with E-state index in [9.17, 15) is 14.9 Å². The Balaban J connectivity index is 2.17. The maximum absolute atomic E-state index is 12.5. The number of amides is 1. The summed E-state index contributed by atoms with van der Waals surface area (Å²) in [5.74, 6) is 0.431. The number of nitrogens with zero attached hydrogens (tertiary/aromatic N) is 2. The SMILES string of the molecule is CCCC1CCN(C(=O)c2cc([N+](=O)[O-])ccc2Br)C1. The first kappa shape index (κ1) is 15.0. The summed E-state index contributed by atoms with van der Waals surface area (Å²) >= 11 is 3.30. The van der Waals surface area contributed by atoms with E-state index in [1.807, 2.05) is 0 Å². The van der Waals surface area contributed by atoms with Crippen LogP contribution in [0.4, 0.5) is 5.69 Å². The van der Waals surface area contributed by atoms with E-state index in [1.165, 1.54) is 12.1 Å². The minimum absolute atomic E-state index is 0.0548. The van der Waals surface area contributed by atoms with Gasteiger partial charge in [0.25, 0.3) is 11.6 Å². The fourth-order valence-electron chi connectivity index (χ4n) is 2.62. The molecule has 2 rings (SSSR count). The summed E-state index contributed by atoms with van der Waals surface area (Å²) in [6.07, 6.45) is 3.26. The molecule has 0 N–H and O–H groups in total. The van der Waals surface area contributed by atoms with Gasteiger partial charge in [0.05, 0.1) is 10.5 Å². The second-order valence-electron chi connectivity index (χ2n) is 5.12. The van der Waals surface area contributed by atoms with Gasteiger partial charge in [0.1, 0.15) is 0 Å². The van der Waals surface area contributed by atoms with Crippen molar-refractivity contribution in [2.45, 2.75) is 26.2 Å². The van der Waals surface area contributed by atoms with Crippen molar-refractivity contribution in [2.75, 3.05) is 13.1 Å². The summed E-state index contributed by atoms with van der Waals surface area (Å²) in [7, 11) is 0. The number of rotatable bonds is 4. The predicted molar refractivity (Wildman–Crippen MR) is 79.7 cm³/mol. The Morgan fingerprint density at radius 1 is 1.55 bits per heavy atom. The highest BCUT2D eigenvalue weighted by Crippen LogP contribution is 2.27. The molecule has 0 aromatic heterocycles. The molecule has 1 heterocycles. The van der Waals surface area contributed by atoms with Crippen molar-refractivity contribution in [3.8, 4) is 0 Å². The Morgan fingerprint density at radius 3 is 2.95 bits per heavy atom. The van der Waals surface area contributed by atoms with Gasteiger partial charge in [-0.2, -0.15) is 0 Å². The lowest BCUT2D eigenvalue weighted by Crippen LogP contribution is -2.29. The van der Waals surface area contributed by atoms with Crippen molar-refractivity contribution < 1.29 is 9.72 Å². The molecule has 1 aliphatic rings. The lowest BCUT2D eigenvalue weighted by atomic mass is 10.0. The van der Waals surface area contributed by atoms with Gasteiger partial charge < -0.3 is 4.90 Å². The van der Waals surface area contributed by atoms with E-state index in [0.29, 0.717) is 16.0 Å². The molecular formula is C14H17BrN2O3. The van der Waals surface area contributed by atoms with Gasteiger partial charge in [-0.1, -0.05) is 13.3 Å². The lowest BCUT2D eigenvalue weighted by molar-refractivity contribution is -0.384. The zero-order chi connectivity index (χ0) is 14.7. The molecule has 0 spiro atoms. The summed E-state index contributed by atoms with van der Waals surface area (Å²) < 4.78 is 0.604. The summed E-state index contributed by atoms with van der Waals surface area (Å²) in [6, 6.07) is 4.30. The van der Waals surface area contributed by atoms with Crippen molar-refractivity contribution in [2.24, 2.45) is 5.92 Å². The maximum atomic E-state index is 12.5. The van der Waals surface area contributed by atoms with Crippen LogP contribution in [0.5, 0.6) is 0 Å². The topological polar surface area (TPSA) is 63.5 Å². The van der Waals surface area contributed by atoms with Crippen molar-refractivity contribution >= 4 is 27.5 Å². The number of halogens is 1. The Labute approximate surface area is 126 Å². The van der Waals surface area contributed by atoms with E-state index in [0.717, 1.165) is 32.4 Å². The van der Waals surface area contributed by atoms with Crippen LogP contribution in [0.1, 0.15) is 36.5 Å². The van der Waals surface area contributed by atoms with Crippen LogP contribution in [0.2, 0.25) is 0 Å². The molecule has 1 amide bonds. The predicted octanol–water partition coefficient (Wildman–Crippen LogP) is 3.62. The molecule has 0 bridgehead atoms. The number of carbonyl (C=O) groups excluding carboxylic acids is 1. The van der Waals surface area contributed by atoms with Crippen LogP contribution in [0.25, 0.3) is 0 Å². The van der Waals surface area contributed by atoms with Gasteiger partial charge in [-0.15, -0.1) is 0 Å². The Bertz CT molecular complexity index is 533. The van der Waals surface area contributed by atoms with Crippen LogP contribution >= 0.6 is 15.9 Å². The number of nitro benzene ring substituents is 1. The van der Waals surface area contributed by atoms with Crippen LogP contribution in [0.15, 0.2) is 22.7 Å². The second-order valence-corrected chi connectivity index (χ2v) is 5.97. The standard InChI is InChI=1S/C14H17BrN2O3/c1-2-3-10-6-7-16(9-10)14(18)12-8-11(17(19)20)4-5-13(12)15/h4-5,8,10H,2-3,6-7,9H2,1H3. The summed E-state index contributed by atoms with van der Waals surface area (Å²) in [4.78, 5) is 24.6. The highest BCUT2D eigenvalue weighted by Gasteiger charge is 2.28. The number of non-ortho nitro benzene ring substituents is 1. The zero-order valence-corrected chi connectivity index (χ0v) is 12.9. The number of hydrogen-bond donors (Lipinski definition) is 0. The molecule has 0 radical (unpaired) electrons. The fourth-order valence-corrected chi connectivity index (χ4v) is 3.04. The third-order valence-corrected chi connectivity index (χ3v) is 4.35. The van der Waals surface area contributed by atoms with Crippen LogP contribution in [0.3, 0.4) is 0 Å². The van der Waals surface area contributed by atoms with Crippen molar-refractivity contribution in [3.05, 3.63) is 38.3 Å². The van der Waals surface area contributed by atoms with Crippen LogP contribution < -0.4 is 0 Å². The second kappa shape index (κ2) is 6.35. The summed E-state index contributed by atoms with van der Waals surface area (Å²) in [6.45, 7) is 3.63. The fraction of sp³-hybridized carbons (Fsp3) is 0.500. The molecule has 0 saturated carbocycles. The maximum Gasteiger partial charge on any atom is 0.270 e. The van der Waals surface area contributed by atoms with Gasteiger partial charge in [-0.3, -0.25) is 14.9 Å². The van der Waals surface area contributed by atoms with Gasteiger partial charge in [-0.25, -0.2) is 0 Å². The minimum atomic E-state index is -0.479. The van der Waals surface area contributed by atoms with Crippen molar-refractivity contribution in [3.63, 3.8) is 0 Å². The van der Waals surface area contributed by atoms with E-state index in [2.05, 4.69) is 22.9 Å². The molecule has 1 aliphatic heterocycles. The lowest BCUT2D eigenvalue weighted by Gasteiger charge is -2.17. The monoisotopic (exact) mass is 340 g/mol. The number of benzene rings is 1. The van der Waals surface area contributed by atoms with E-state index in [-0.39, 0.29) is 11.6 Å². The van der Waals surface area contributed by atoms with Gasteiger partial charge >= 0.3 is 0 Å². The number of nitro groups is 1. The van der Waals surface area contributed by atoms with E-state index >= 15 is 0 Å². The van der Waals surface area contributed by atoms with E-state index in [1.54, 1.807) is 11.0 Å². The average molecular weight is 341 g/mol. The van der Waals surface area contributed by atoms with Gasteiger partial charge in [-0.05, 0) is 40.8 Å². The first-order chi connectivity index (χ1) is 9.52. The smallest absolute Gasteiger partial charge is 0.270 e. The molecule has 1 saturated heterocycles. The van der Waals surface area contributed by atoms with E-state index < -0.39 is 4.92 Å². The molecule has 5 nitrogen and oxygen atoms in total. The van der Waals surface area contributed by atoms with E-state index in [4.69, 9.17) is 0 Å². The molecule has 1 aromatic carbocycles. The number of likely N-dealkylation sites (tertiary alicyclic amines) is 1. The van der Waals surface area contributed by atoms with Crippen molar-refractivity contribution in [1.29, 1.82) is 0 Å². The molecule has 20 heavy (non-hydrogen) atoms. The molecule has 6 heteroatoms. The third-order valence-electron chi connectivity index (χ3n) is 3.66. The molecule has 1 fully saturated rings. The molecule has 108 valence electrons. The largest absolute Gasteiger partial charge is 0.338 e. The average Bonchev–Trinajstić information content (AvgIpc) is 2.87. The van der Waals surface area contributed by atoms with Gasteiger partial charge in [0, 0.05) is 29.7 Å². The van der Waals surface area contributed by atoms with Crippen LogP contribution in [-0.2, 0) is 0 Å². The Hall–Kier alpha value is -1.43. The normalized spacial score (nSPS) is 18.3. The number of hydrogen-bond acceptors (Lipinski definition) is 3. The molecule has 1 atom stereocenters. The quantitative estimate of drug-likeness (QED) is 0.621. The van der Waals surface area contributed by atoms with Crippen molar-refractivity contribution in [1.82, 2.24) is 4.90 Å². The van der Waals surface area contributed by atoms with Crippen LogP contribution in [-0.4, -0.2) is 28.8 Å². The zero-order valence-electron chi connectivity index (χ0n) is 11.3. The highest BCUT2D eigenvalue weighted by atomic mass is 79.9. The molecule has 0 aliphatic carbocycles. The number of carbonyl (C=O) groups is 1. The van der Waals surface area contributed by atoms with Gasteiger partial charge in [0.2, 0.25) is 0 Å². The summed E-state index contributed by atoms with van der Waals surface area (Å²) in [5, 5.41) is 10.8. The Kier molecular flexibility index (Phi) is 4.75. The third kappa shape index (κ3) is 3.17. The highest BCUT2D eigenvalue weighted by molar-refractivity contribution is 9.10. The molecule has 1 aromatic rings. The van der Waals surface area contributed by atoms with Crippen LogP contribution in [0, 0.1) is 16.0 Å². The first-order valence-corrected chi connectivity index (χ1v) is 7.55.